The molecule has 0 bridgehead atoms. The van der Waals surface area contributed by atoms with Crippen LogP contribution in [0.3, 0.4) is 0 Å². The first-order chi connectivity index (χ1) is 7.69. The molecular formula is C9H11N5O2. The average Bonchev–Trinajstić information content (AvgIpc) is 2.29. The number of hydrogen-bond acceptors (Lipinski definition) is 6. The highest BCUT2D eigenvalue weighted by Gasteiger charge is 2.11. The van der Waals surface area contributed by atoms with Gasteiger partial charge in [0.2, 0.25) is 0 Å². The van der Waals surface area contributed by atoms with Crippen molar-refractivity contribution in [1.82, 2.24) is 10.3 Å². The van der Waals surface area contributed by atoms with Crippen LogP contribution in [0.5, 0.6) is 0 Å². The highest BCUT2D eigenvalue weighted by molar-refractivity contribution is 5.55. The van der Waals surface area contributed by atoms with Crippen LogP contribution in [0.15, 0.2) is 12.3 Å². The Balaban J connectivity index is 2.86. The van der Waals surface area contributed by atoms with E-state index in [4.69, 9.17) is 5.26 Å². The van der Waals surface area contributed by atoms with Gasteiger partial charge in [-0.25, -0.2) is 4.98 Å². The summed E-state index contributed by atoms with van der Waals surface area (Å²) in [6, 6.07) is 3.07. The standard InChI is InChI=1S/C9H11N5O2/c1-11-2-3-12-9-7(5-10)4-8(6-13-9)14(15)16/h4,6,11H,2-3H2,1H3,(H,12,13). The highest BCUT2D eigenvalue weighted by atomic mass is 16.6. The fraction of sp³-hybridized carbons (Fsp3) is 0.333. The van der Waals surface area contributed by atoms with Crippen molar-refractivity contribution in [3.05, 3.63) is 27.9 Å². The topological polar surface area (TPSA) is 104 Å². The van der Waals surface area contributed by atoms with Crippen molar-refractivity contribution in [3.63, 3.8) is 0 Å². The fourth-order valence-electron chi connectivity index (χ4n) is 1.09. The predicted molar refractivity (Wildman–Crippen MR) is 58.0 cm³/mol. The quantitative estimate of drug-likeness (QED) is 0.426. The number of rotatable bonds is 5. The Hall–Kier alpha value is -2.20. The molecule has 0 amide bonds. The Morgan fingerprint density at radius 1 is 1.62 bits per heavy atom. The number of nitriles is 1. The maximum absolute atomic E-state index is 10.5. The molecule has 2 N–H and O–H groups in total. The molecule has 0 aliphatic rings. The van der Waals surface area contributed by atoms with E-state index in [9.17, 15) is 10.1 Å². The smallest absolute Gasteiger partial charge is 0.289 e. The second-order valence-electron chi connectivity index (χ2n) is 2.99. The predicted octanol–water partition coefficient (Wildman–Crippen LogP) is 0.493. The Morgan fingerprint density at radius 2 is 2.38 bits per heavy atom. The molecule has 0 aromatic carbocycles. The molecule has 1 rings (SSSR count). The fourth-order valence-corrected chi connectivity index (χ4v) is 1.09. The number of anilines is 1. The molecule has 1 aromatic rings. The minimum atomic E-state index is -0.578. The van der Waals surface area contributed by atoms with E-state index in [1.54, 1.807) is 7.05 Å². The zero-order chi connectivity index (χ0) is 12.0. The minimum absolute atomic E-state index is 0.172. The molecule has 0 saturated heterocycles. The van der Waals surface area contributed by atoms with Crippen molar-refractivity contribution in [2.75, 3.05) is 25.5 Å². The van der Waals surface area contributed by atoms with Crippen molar-refractivity contribution >= 4 is 11.5 Å². The molecule has 16 heavy (non-hydrogen) atoms. The second-order valence-corrected chi connectivity index (χ2v) is 2.99. The summed E-state index contributed by atoms with van der Waals surface area (Å²) in [5, 5.41) is 25.1. The molecule has 0 aliphatic carbocycles. The van der Waals surface area contributed by atoms with Crippen LogP contribution in [0.4, 0.5) is 11.5 Å². The van der Waals surface area contributed by atoms with Crippen LogP contribution in [0, 0.1) is 21.4 Å². The van der Waals surface area contributed by atoms with Gasteiger partial charge in [0, 0.05) is 19.2 Å². The van der Waals surface area contributed by atoms with E-state index < -0.39 is 4.92 Å². The number of nitrogens with zero attached hydrogens (tertiary/aromatic N) is 3. The summed E-state index contributed by atoms with van der Waals surface area (Å²) in [4.78, 5) is 13.7. The number of nitrogens with one attached hydrogen (secondary N) is 2. The van der Waals surface area contributed by atoms with Gasteiger partial charge < -0.3 is 10.6 Å². The normalized spacial score (nSPS) is 9.50. The summed E-state index contributed by atoms with van der Waals surface area (Å²) in [6.07, 6.45) is 1.13. The van der Waals surface area contributed by atoms with Gasteiger partial charge in [-0.3, -0.25) is 10.1 Å². The number of likely N-dealkylation sites (N-methyl/N-ethyl adjacent to an activating group) is 1. The van der Waals surface area contributed by atoms with E-state index in [2.05, 4.69) is 15.6 Å². The highest BCUT2D eigenvalue weighted by Crippen LogP contribution is 2.17. The van der Waals surface area contributed by atoms with Gasteiger partial charge in [-0.15, -0.1) is 0 Å². The summed E-state index contributed by atoms with van der Waals surface area (Å²) in [5.41, 5.74) is -0.0129. The van der Waals surface area contributed by atoms with Crippen molar-refractivity contribution in [3.8, 4) is 6.07 Å². The minimum Gasteiger partial charge on any atom is -0.368 e. The molecule has 1 aromatic heterocycles. The van der Waals surface area contributed by atoms with Crippen LogP contribution in [0.25, 0.3) is 0 Å². The lowest BCUT2D eigenvalue weighted by Gasteiger charge is -2.05. The molecule has 7 heteroatoms. The lowest BCUT2D eigenvalue weighted by atomic mass is 10.2. The number of aromatic nitrogens is 1. The van der Waals surface area contributed by atoms with Crippen LogP contribution < -0.4 is 10.6 Å². The third kappa shape index (κ3) is 2.90. The Kier molecular flexibility index (Phi) is 4.17. The lowest BCUT2D eigenvalue weighted by molar-refractivity contribution is -0.385. The van der Waals surface area contributed by atoms with Gasteiger partial charge in [0.05, 0.1) is 4.92 Å². The first-order valence-corrected chi connectivity index (χ1v) is 4.62. The molecule has 0 saturated carbocycles. The third-order valence-corrected chi connectivity index (χ3v) is 1.87. The maximum atomic E-state index is 10.5. The van der Waals surface area contributed by atoms with E-state index >= 15 is 0 Å². The Morgan fingerprint density at radius 3 is 2.94 bits per heavy atom. The van der Waals surface area contributed by atoms with Crippen molar-refractivity contribution < 1.29 is 4.92 Å². The second kappa shape index (κ2) is 5.63. The molecule has 0 aliphatic heterocycles. The van der Waals surface area contributed by atoms with Gasteiger partial charge in [-0.2, -0.15) is 5.26 Å². The Bertz CT molecular complexity index is 426. The molecule has 84 valence electrons. The summed E-state index contributed by atoms with van der Waals surface area (Å²) >= 11 is 0. The molecule has 1 heterocycles. The van der Waals surface area contributed by atoms with Crippen LogP contribution in [-0.2, 0) is 0 Å². The largest absolute Gasteiger partial charge is 0.368 e. The van der Waals surface area contributed by atoms with E-state index in [0.29, 0.717) is 18.9 Å². The van der Waals surface area contributed by atoms with Gasteiger partial charge in [0.15, 0.2) is 0 Å². The number of nitro groups is 1. The van der Waals surface area contributed by atoms with Crippen molar-refractivity contribution in [1.29, 1.82) is 5.26 Å². The van der Waals surface area contributed by atoms with E-state index in [-0.39, 0.29) is 11.3 Å². The molecule has 0 spiro atoms. The van der Waals surface area contributed by atoms with E-state index in [1.165, 1.54) is 6.07 Å². The summed E-state index contributed by atoms with van der Waals surface area (Å²) in [7, 11) is 1.80. The van der Waals surface area contributed by atoms with Crippen LogP contribution in [0.2, 0.25) is 0 Å². The zero-order valence-corrected chi connectivity index (χ0v) is 8.73. The van der Waals surface area contributed by atoms with Gasteiger partial charge in [0.25, 0.3) is 5.69 Å². The van der Waals surface area contributed by atoms with E-state index in [0.717, 1.165) is 6.20 Å². The van der Waals surface area contributed by atoms with Gasteiger partial charge >= 0.3 is 0 Å². The summed E-state index contributed by atoms with van der Waals surface area (Å²) < 4.78 is 0. The summed E-state index contributed by atoms with van der Waals surface area (Å²) in [5.74, 6) is 0.364. The first-order valence-electron chi connectivity index (χ1n) is 4.62. The first kappa shape index (κ1) is 11.9. The maximum Gasteiger partial charge on any atom is 0.289 e. The van der Waals surface area contributed by atoms with Crippen LogP contribution in [-0.4, -0.2) is 30.0 Å². The number of hydrogen-bond donors (Lipinski definition) is 2. The zero-order valence-electron chi connectivity index (χ0n) is 8.73. The lowest BCUT2D eigenvalue weighted by Crippen LogP contribution is -2.18. The number of pyridine rings is 1. The molecule has 0 atom stereocenters. The summed E-state index contributed by atoms with van der Waals surface area (Å²) in [6.45, 7) is 1.31. The van der Waals surface area contributed by atoms with Gasteiger partial charge in [0.1, 0.15) is 23.6 Å². The van der Waals surface area contributed by atoms with E-state index in [1.807, 2.05) is 6.07 Å². The monoisotopic (exact) mass is 221 g/mol. The molecular weight excluding hydrogens is 210 g/mol. The van der Waals surface area contributed by atoms with Crippen LogP contribution in [0.1, 0.15) is 5.56 Å². The average molecular weight is 221 g/mol. The molecule has 0 radical (unpaired) electrons. The molecule has 0 unspecified atom stereocenters. The SMILES string of the molecule is CNCCNc1ncc([N+](=O)[O-])cc1C#N. The van der Waals surface area contributed by atoms with Crippen LogP contribution >= 0.6 is 0 Å². The Labute approximate surface area is 92.3 Å². The van der Waals surface area contributed by atoms with Crippen molar-refractivity contribution in [2.24, 2.45) is 0 Å². The third-order valence-electron chi connectivity index (χ3n) is 1.87. The van der Waals surface area contributed by atoms with Gasteiger partial charge in [-0.1, -0.05) is 0 Å². The van der Waals surface area contributed by atoms with Crippen molar-refractivity contribution in [2.45, 2.75) is 0 Å². The van der Waals surface area contributed by atoms with Gasteiger partial charge in [-0.05, 0) is 7.05 Å². The molecule has 0 fully saturated rings. The molecule has 7 nitrogen and oxygen atoms in total.